The minimum Gasteiger partial charge on any atom is -0.465 e. The molecule has 30 heavy (non-hydrogen) atoms. The molecular weight excluding hydrogens is 376 g/mol. The highest BCUT2D eigenvalue weighted by Gasteiger charge is 2.54. The summed E-state index contributed by atoms with van der Waals surface area (Å²) in [6.45, 7) is 5.19. The minimum atomic E-state index is -0.659. The second-order valence-electron chi connectivity index (χ2n) is 8.35. The van der Waals surface area contributed by atoms with Gasteiger partial charge in [0.2, 0.25) is 0 Å². The first-order valence-corrected chi connectivity index (χ1v) is 10.8. The van der Waals surface area contributed by atoms with Gasteiger partial charge in [0, 0.05) is 36.6 Å². The van der Waals surface area contributed by atoms with E-state index in [2.05, 4.69) is 58.3 Å². The number of ether oxygens (including phenoxy) is 2. The molecule has 5 nitrogen and oxygen atoms in total. The van der Waals surface area contributed by atoms with Crippen LogP contribution < -0.4 is 4.90 Å². The Balaban J connectivity index is 1.53. The highest BCUT2D eigenvalue weighted by Crippen LogP contribution is 2.49. The third-order valence-electron chi connectivity index (χ3n) is 6.49. The van der Waals surface area contributed by atoms with E-state index >= 15 is 0 Å². The summed E-state index contributed by atoms with van der Waals surface area (Å²) < 4.78 is 11.8. The molecule has 0 amide bonds. The van der Waals surface area contributed by atoms with E-state index in [0.29, 0.717) is 19.8 Å². The van der Waals surface area contributed by atoms with E-state index in [0.717, 1.165) is 37.3 Å². The van der Waals surface area contributed by atoms with Crippen molar-refractivity contribution in [3.05, 3.63) is 77.5 Å². The number of piperidine rings is 1. The van der Waals surface area contributed by atoms with Gasteiger partial charge in [-0.05, 0) is 37.5 Å². The summed E-state index contributed by atoms with van der Waals surface area (Å²) in [6.07, 6.45) is 3.76. The molecule has 0 radical (unpaired) electrons. The fraction of sp³-hybridized carbons (Fsp3) is 0.400. The average molecular weight is 405 g/mol. The first kappa shape index (κ1) is 19.3. The first-order chi connectivity index (χ1) is 14.7. The van der Waals surface area contributed by atoms with Crippen LogP contribution >= 0.6 is 0 Å². The van der Waals surface area contributed by atoms with Gasteiger partial charge in [-0.2, -0.15) is 0 Å². The lowest BCUT2D eigenvalue weighted by atomic mass is 9.73. The van der Waals surface area contributed by atoms with Crippen LogP contribution in [0.25, 0.3) is 0 Å². The lowest BCUT2D eigenvalue weighted by Gasteiger charge is -2.53. The molecule has 0 N–H and O–H groups in total. The van der Waals surface area contributed by atoms with Crippen molar-refractivity contribution in [3.8, 4) is 0 Å². The molecule has 2 atom stereocenters. The van der Waals surface area contributed by atoms with Crippen LogP contribution in [0.1, 0.15) is 30.9 Å². The number of benzene rings is 2. The zero-order valence-corrected chi connectivity index (χ0v) is 17.4. The number of carbonyl (C=O) groups is 1. The van der Waals surface area contributed by atoms with Gasteiger partial charge in [0.05, 0.1) is 13.2 Å². The fourth-order valence-electron chi connectivity index (χ4n) is 5.13. The van der Waals surface area contributed by atoms with Gasteiger partial charge in [0.25, 0.3) is 0 Å². The number of hydrogen-bond donors (Lipinski definition) is 0. The molecule has 0 aliphatic carbocycles. The Morgan fingerprint density at radius 3 is 2.80 bits per heavy atom. The molecule has 3 aliphatic heterocycles. The molecule has 1 saturated heterocycles. The van der Waals surface area contributed by atoms with Crippen molar-refractivity contribution in [2.24, 2.45) is 5.41 Å². The van der Waals surface area contributed by atoms with Crippen molar-refractivity contribution >= 4 is 11.7 Å². The Labute approximate surface area is 177 Å². The van der Waals surface area contributed by atoms with Gasteiger partial charge in [-0.1, -0.05) is 48.5 Å². The first-order valence-electron chi connectivity index (χ1n) is 10.8. The Bertz CT molecular complexity index is 958. The van der Waals surface area contributed by atoms with Crippen molar-refractivity contribution in [1.29, 1.82) is 0 Å². The van der Waals surface area contributed by atoms with Crippen LogP contribution in [-0.4, -0.2) is 36.8 Å². The highest BCUT2D eigenvalue weighted by molar-refractivity contribution is 5.84. The molecule has 0 unspecified atom stereocenters. The largest absolute Gasteiger partial charge is 0.465 e. The Morgan fingerprint density at radius 1 is 1.17 bits per heavy atom. The quantitative estimate of drug-likeness (QED) is 0.718. The topological polar surface area (TPSA) is 42.0 Å². The molecule has 0 spiro atoms. The number of fused-ring (bicyclic) bond motifs is 5. The van der Waals surface area contributed by atoms with Crippen LogP contribution in [0.5, 0.6) is 0 Å². The number of esters is 1. The number of para-hydroxylation sites is 1. The molecule has 156 valence electrons. The summed E-state index contributed by atoms with van der Waals surface area (Å²) in [5.41, 5.74) is 3.97. The van der Waals surface area contributed by atoms with E-state index in [1.165, 1.54) is 11.1 Å². The van der Waals surface area contributed by atoms with E-state index in [-0.39, 0.29) is 12.2 Å². The van der Waals surface area contributed by atoms with Crippen LogP contribution in [0.15, 0.2) is 66.4 Å². The second-order valence-corrected chi connectivity index (χ2v) is 8.35. The summed E-state index contributed by atoms with van der Waals surface area (Å²) >= 11 is 0. The second kappa shape index (κ2) is 7.89. The molecule has 5 heteroatoms. The maximum Gasteiger partial charge on any atom is 0.319 e. The Kier molecular flexibility index (Phi) is 5.09. The van der Waals surface area contributed by atoms with Crippen LogP contribution in [0, 0.1) is 5.41 Å². The van der Waals surface area contributed by atoms with E-state index in [1.54, 1.807) is 0 Å². The van der Waals surface area contributed by atoms with Gasteiger partial charge < -0.3 is 14.4 Å². The predicted octanol–water partition coefficient (Wildman–Crippen LogP) is 4.09. The molecule has 2 aromatic rings. The minimum absolute atomic E-state index is 0.0191. The van der Waals surface area contributed by atoms with Crippen molar-refractivity contribution in [2.45, 2.75) is 39.1 Å². The molecule has 5 rings (SSSR count). The third kappa shape index (κ3) is 3.22. The molecule has 1 fully saturated rings. The van der Waals surface area contributed by atoms with Gasteiger partial charge in [0.1, 0.15) is 11.6 Å². The standard InChI is InChI=1S/C25H28N2O3/c1-2-29-24(28)25-14-12-23-27(21-11-7-6-10-20(21)17-30-23)22(25)13-15-26(18-25)16-19-8-4-3-5-9-19/h3-11,13,23H,2,12,14-18H2,1H3/t23-,25-/m0/s1. The molecule has 2 aromatic carbocycles. The zero-order valence-electron chi connectivity index (χ0n) is 17.4. The van der Waals surface area contributed by atoms with Gasteiger partial charge >= 0.3 is 5.97 Å². The molecule has 3 heterocycles. The van der Waals surface area contributed by atoms with E-state index in [4.69, 9.17) is 9.47 Å². The number of carbonyl (C=O) groups excluding carboxylic acids is 1. The predicted molar refractivity (Wildman–Crippen MR) is 116 cm³/mol. The normalized spacial score (nSPS) is 25.6. The maximum absolute atomic E-state index is 13.4. The molecule has 0 aromatic heterocycles. The summed E-state index contributed by atoms with van der Waals surface area (Å²) in [4.78, 5) is 18.0. The number of rotatable bonds is 4. The average Bonchev–Trinajstić information content (AvgIpc) is 2.79. The summed E-state index contributed by atoms with van der Waals surface area (Å²) in [6, 6.07) is 18.8. The Hall–Kier alpha value is -2.63. The third-order valence-corrected chi connectivity index (χ3v) is 6.49. The molecule has 3 aliphatic rings. The molecule has 0 bridgehead atoms. The van der Waals surface area contributed by atoms with Crippen molar-refractivity contribution in [2.75, 3.05) is 24.6 Å². The van der Waals surface area contributed by atoms with Crippen molar-refractivity contribution in [1.82, 2.24) is 4.90 Å². The molecule has 0 saturated carbocycles. The van der Waals surface area contributed by atoms with Crippen LogP contribution in [0.4, 0.5) is 5.69 Å². The Morgan fingerprint density at radius 2 is 1.97 bits per heavy atom. The van der Waals surface area contributed by atoms with Crippen LogP contribution in [0.2, 0.25) is 0 Å². The smallest absolute Gasteiger partial charge is 0.319 e. The monoisotopic (exact) mass is 404 g/mol. The highest BCUT2D eigenvalue weighted by atomic mass is 16.5. The van der Waals surface area contributed by atoms with E-state index in [1.807, 2.05) is 19.1 Å². The maximum atomic E-state index is 13.4. The van der Waals surface area contributed by atoms with Crippen LogP contribution in [0.3, 0.4) is 0 Å². The van der Waals surface area contributed by atoms with Gasteiger partial charge in [-0.15, -0.1) is 0 Å². The summed E-state index contributed by atoms with van der Waals surface area (Å²) in [7, 11) is 0. The van der Waals surface area contributed by atoms with Gasteiger partial charge in [0.15, 0.2) is 0 Å². The van der Waals surface area contributed by atoms with E-state index < -0.39 is 5.41 Å². The number of anilines is 1. The lowest BCUT2D eigenvalue weighted by molar-refractivity contribution is -0.157. The SMILES string of the molecule is CCOC(=O)[C@]12CC[C@@H]3OCc4ccccc4N3C1=CCN(Cc1ccccc1)C2. The number of nitrogens with zero attached hydrogens (tertiary/aromatic N) is 2. The van der Waals surface area contributed by atoms with Crippen molar-refractivity contribution < 1.29 is 14.3 Å². The fourth-order valence-corrected chi connectivity index (χ4v) is 5.13. The number of hydrogen-bond acceptors (Lipinski definition) is 5. The summed E-state index contributed by atoms with van der Waals surface area (Å²) in [5.74, 6) is -0.115. The molecular formula is C25H28N2O3. The van der Waals surface area contributed by atoms with E-state index in [9.17, 15) is 4.79 Å². The van der Waals surface area contributed by atoms with Crippen molar-refractivity contribution in [3.63, 3.8) is 0 Å². The zero-order chi connectivity index (χ0) is 20.6. The summed E-state index contributed by atoms with van der Waals surface area (Å²) in [5, 5.41) is 0. The van der Waals surface area contributed by atoms with Gasteiger partial charge in [-0.3, -0.25) is 9.69 Å². The van der Waals surface area contributed by atoms with Gasteiger partial charge in [-0.25, -0.2) is 0 Å². The lowest BCUT2D eigenvalue weighted by Crippen LogP contribution is -2.59. The van der Waals surface area contributed by atoms with Crippen LogP contribution in [-0.2, 0) is 27.4 Å².